The summed E-state index contributed by atoms with van der Waals surface area (Å²) in [4.78, 5) is 0. The van der Waals surface area contributed by atoms with E-state index in [0.29, 0.717) is 5.92 Å². The SMILES string of the molecule is CCC(C)CC(CC)NCC(O)C(F)F. The lowest BCUT2D eigenvalue weighted by molar-refractivity contribution is -0.00500. The van der Waals surface area contributed by atoms with Crippen LogP contribution < -0.4 is 5.32 Å². The Morgan fingerprint density at radius 3 is 2.20 bits per heavy atom. The Morgan fingerprint density at radius 2 is 1.80 bits per heavy atom. The first-order valence-electron chi connectivity index (χ1n) is 5.70. The maximum Gasteiger partial charge on any atom is 0.265 e. The Morgan fingerprint density at radius 1 is 1.20 bits per heavy atom. The fourth-order valence-electron chi connectivity index (χ4n) is 1.42. The van der Waals surface area contributed by atoms with E-state index in [-0.39, 0.29) is 12.6 Å². The van der Waals surface area contributed by atoms with Gasteiger partial charge in [0.1, 0.15) is 6.10 Å². The van der Waals surface area contributed by atoms with E-state index in [1.165, 1.54) is 0 Å². The summed E-state index contributed by atoms with van der Waals surface area (Å²) in [6, 6.07) is 0.230. The Hall–Kier alpha value is -0.220. The fourth-order valence-corrected chi connectivity index (χ4v) is 1.42. The summed E-state index contributed by atoms with van der Waals surface area (Å²) in [5.41, 5.74) is 0. The van der Waals surface area contributed by atoms with Gasteiger partial charge in [0.15, 0.2) is 0 Å². The Kier molecular flexibility index (Phi) is 7.88. The van der Waals surface area contributed by atoms with Crippen LogP contribution in [0.3, 0.4) is 0 Å². The van der Waals surface area contributed by atoms with Gasteiger partial charge in [-0.2, -0.15) is 0 Å². The zero-order valence-electron chi connectivity index (χ0n) is 9.84. The quantitative estimate of drug-likeness (QED) is 0.662. The van der Waals surface area contributed by atoms with Gasteiger partial charge in [0.05, 0.1) is 0 Å². The molecule has 0 amide bonds. The van der Waals surface area contributed by atoms with Crippen molar-refractivity contribution in [2.75, 3.05) is 6.54 Å². The minimum atomic E-state index is -2.65. The highest BCUT2D eigenvalue weighted by Crippen LogP contribution is 2.12. The van der Waals surface area contributed by atoms with E-state index in [9.17, 15) is 8.78 Å². The van der Waals surface area contributed by atoms with Crippen molar-refractivity contribution < 1.29 is 13.9 Å². The average Bonchev–Trinajstić information content (AvgIpc) is 2.22. The molecule has 15 heavy (non-hydrogen) atoms. The molecule has 3 atom stereocenters. The van der Waals surface area contributed by atoms with Crippen molar-refractivity contribution in [3.8, 4) is 0 Å². The van der Waals surface area contributed by atoms with Crippen LogP contribution in [-0.2, 0) is 0 Å². The van der Waals surface area contributed by atoms with Crippen molar-refractivity contribution >= 4 is 0 Å². The van der Waals surface area contributed by atoms with Gasteiger partial charge in [-0.3, -0.25) is 0 Å². The average molecular weight is 223 g/mol. The Balaban J connectivity index is 3.79. The van der Waals surface area contributed by atoms with E-state index < -0.39 is 12.5 Å². The van der Waals surface area contributed by atoms with Crippen molar-refractivity contribution in [1.29, 1.82) is 0 Å². The molecule has 0 aliphatic heterocycles. The van der Waals surface area contributed by atoms with Crippen molar-refractivity contribution in [3.05, 3.63) is 0 Å². The molecule has 4 heteroatoms. The normalized spacial score (nSPS) is 17.8. The molecule has 0 saturated heterocycles. The van der Waals surface area contributed by atoms with Crippen LogP contribution in [0.25, 0.3) is 0 Å². The van der Waals surface area contributed by atoms with E-state index >= 15 is 0 Å². The summed E-state index contributed by atoms with van der Waals surface area (Å²) >= 11 is 0. The summed E-state index contributed by atoms with van der Waals surface area (Å²) in [6.45, 7) is 6.26. The predicted molar refractivity (Wildman–Crippen MR) is 58.2 cm³/mol. The number of hydrogen-bond donors (Lipinski definition) is 2. The first kappa shape index (κ1) is 14.8. The number of hydrogen-bond acceptors (Lipinski definition) is 2. The molecule has 0 aliphatic rings. The van der Waals surface area contributed by atoms with Crippen LogP contribution in [0, 0.1) is 5.92 Å². The topological polar surface area (TPSA) is 32.3 Å². The largest absolute Gasteiger partial charge is 0.386 e. The van der Waals surface area contributed by atoms with Gasteiger partial charge in [-0.05, 0) is 18.8 Å². The highest BCUT2D eigenvalue weighted by Gasteiger charge is 2.18. The van der Waals surface area contributed by atoms with Crippen molar-refractivity contribution in [1.82, 2.24) is 5.32 Å². The molecule has 2 N–H and O–H groups in total. The lowest BCUT2D eigenvalue weighted by Crippen LogP contribution is -2.39. The van der Waals surface area contributed by atoms with E-state index in [0.717, 1.165) is 19.3 Å². The monoisotopic (exact) mass is 223 g/mol. The van der Waals surface area contributed by atoms with E-state index in [4.69, 9.17) is 5.11 Å². The standard InChI is InChI=1S/C11H23F2NO/c1-4-8(3)6-9(5-2)14-7-10(15)11(12)13/h8-11,14-15H,4-7H2,1-3H3. The van der Waals surface area contributed by atoms with Gasteiger partial charge in [0, 0.05) is 12.6 Å². The van der Waals surface area contributed by atoms with Crippen LogP contribution >= 0.6 is 0 Å². The van der Waals surface area contributed by atoms with Gasteiger partial charge in [0.2, 0.25) is 0 Å². The number of rotatable bonds is 8. The van der Waals surface area contributed by atoms with Crippen LogP contribution in [0.5, 0.6) is 0 Å². The molecule has 0 radical (unpaired) electrons. The van der Waals surface area contributed by atoms with E-state index in [2.05, 4.69) is 19.2 Å². The smallest absolute Gasteiger partial charge is 0.265 e. The minimum absolute atomic E-state index is 0.0212. The number of alkyl halides is 2. The molecular formula is C11H23F2NO. The second-order valence-corrected chi connectivity index (χ2v) is 4.16. The maximum absolute atomic E-state index is 12.0. The maximum atomic E-state index is 12.0. The highest BCUT2D eigenvalue weighted by atomic mass is 19.3. The number of aliphatic hydroxyl groups excluding tert-OH is 1. The molecule has 0 heterocycles. The third-order valence-electron chi connectivity index (χ3n) is 2.78. The van der Waals surface area contributed by atoms with Crippen LogP contribution in [0.2, 0.25) is 0 Å². The fraction of sp³-hybridized carbons (Fsp3) is 1.00. The molecule has 0 bridgehead atoms. The number of aliphatic hydroxyl groups is 1. The first-order chi connectivity index (χ1) is 7.01. The van der Waals surface area contributed by atoms with Gasteiger partial charge in [-0.1, -0.05) is 27.2 Å². The minimum Gasteiger partial charge on any atom is -0.386 e. The lowest BCUT2D eigenvalue weighted by Gasteiger charge is -2.21. The Labute approximate surface area is 91.1 Å². The molecule has 0 aromatic carbocycles. The van der Waals surface area contributed by atoms with Gasteiger partial charge < -0.3 is 10.4 Å². The molecule has 92 valence electrons. The summed E-state index contributed by atoms with van der Waals surface area (Å²) < 4.78 is 24.0. The second kappa shape index (κ2) is 7.99. The van der Waals surface area contributed by atoms with Gasteiger partial charge in [0.25, 0.3) is 6.43 Å². The lowest BCUT2D eigenvalue weighted by atomic mass is 9.98. The van der Waals surface area contributed by atoms with Gasteiger partial charge in [-0.25, -0.2) is 8.78 Å². The molecule has 0 aromatic rings. The molecule has 0 fully saturated rings. The van der Waals surface area contributed by atoms with E-state index in [1.54, 1.807) is 0 Å². The van der Waals surface area contributed by atoms with Crippen LogP contribution in [-0.4, -0.2) is 30.2 Å². The van der Waals surface area contributed by atoms with Crippen molar-refractivity contribution in [2.24, 2.45) is 5.92 Å². The molecule has 0 aromatic heterocycles. The van der Waals surface area contributed by atoms with Crippen LogP contribution in [0.4, 0.5) is 8.78 Å². The van der Waals surface area contributed by atoms with Crippen molar-refractivity contribution in [3.63, 3.8) is 0 Å². The molecule has 0 spiro atoms. The third kappa shape index (κ3) is 6.79. The zero-order chi connectivity index (χ0) is 11.8. The predicted octanol–water partition coefficient (Wildman–Crippen LogP) is 2.42. The van der Waals surface area contributed by atoms with Gasteiger partial charge in [-0.15, -0.1) is 0 Å². The van der Waals surface area contributed by atoms with E-state index in [1.807, 2.05) is 6.92 Å². The molecule has 0 rings (SSSR count). The first-order valence-corrected chi connectivity index (χ1v) is 5.70. The third-order valence-corrected chi connectivity index (χ3v) is 2.78. The second-order valence-electron chi connectivity index (χ2n) is 4.16. The van der Waals surface area contributed by atoms with Crippen molar-refractivity contribution in [2.45, 2.75) is 58.6 Å². The molecule has 0 saturated carbocycles. The summed E-state index contributed by atoms with van der Waals surface area (Å²) in [5, 5.41) is 11.9. The van der Waals surface area contributed by atoms with Crippen LogP contribution in [0.1, 0.15) is 40.0 Å². The summed E-state index contributed by atoms with van der Waals surface area (Å²) in [5.74, 6) is 0.589. The van der Waals surface area contributed by atoms with Gasteiger partial charge >= 0.3 is 0 Å². The summed E-state index contributed by atoms with van der Waals surface area (Å²) in [6.07, 6.45) is -1.23. The number of halogens is 2. The Bertz CT molecular complexity index is 156. The number of nitrogens with one attached hydrogen (secondary N) is 1. The summed E-state index contributed by atoms with van der Waals surface area (Å²) in [7, 11) is 0. The molecule has 0 aliphatic carbocycles. The zero-order valence-corrected chi connectivity index (χ0v) is 9.84. The molecule has 2 nitrogen and oxygen atoms in total. The van der Waals surface area contributed by atoms with Crippen LogP contribution in [0.15, 0.2) is 0 Å². The highest BCUT2D eigenvalue weighted by molar-refractivity contribution is 4.71. The molecular weight excluding hydrogens is 200 g/mol. The molecule has 3 unspecified atom stereocenters.